The third-order valence-electron chi connectivity index (χ3n) is 3.46. The zero-order chi connectivity index (χ0) is 15.6. The second-order valence-electron chi connectivity index (χ2n) is 5.24. The molecule has 0 aliphatic heterocycles. The van der Waals surface area contributed by atoms with Crippen LogP contribution in [0.3, 0.4) is 0 Å². The molecule has 0 aliphatic rings. The molecule has 0 fully saturated rings. The van der Waals surface area contributed by atoms with Gasteiger partial charge in [0.05, 0.1) is 4.90 Å². The SMILES string of the molecule is Cc1cccc(CNS(=O)(=O)c2c(C)ccc(N)c2C)c1. The van der Waals surface area contributed by atoms with E-state index < -0.39 is 10.0 Å². The fourth-order valence-corrected chi connectivity index (χ4v) is 3.84. The fourth-order valence-electron chi connectivity index (χ4n) is 2.33. The van der Waals surface area contributed by atoms with Gasteiger partial charge < -0.3 is 5.73 Å². The fraction of sp³-hybridized carbons (Fsp3) is 0.250. The molecule has 0 spiro atoms. The number of nitrogen functional groups attached to an aromatic ring is 1. The molecule has 0 unspecified atom stereocenters. The van der Waals surface area contributed by atoms with E-state index in [0.717, 1.165) is 11.1 Å². The minimum Gasteiger partial charge on any atom is -0.398 e. The molecule has 5 heteroatoms. The van der Waals surface area contributed by atoms with Gasteiger partial charge in [0.25, 0.3) is 0 Å². The molecule has 0 bridgehead atoms. The second-order valence-corrected chi connectivity index (χ2v) is 6.94. The van der Waals surface area contributed by atoms with Crippen molar-refractivity contribution in [2.24, 2.45) is 0 Å². The maximum Gasteiger partial charge on any atom is 0.241 e. The Labute approximate surface area is 126 Å². The summed E-state index contributed by atoms with van der Waals surface area (Å²) in [6.45, 7) is 5.74. The van der Waals surface area contributed by atoms with E-state index in [0.29, 0.717) is 16.8 Å². The summed E-state index contributed by atoms with van der Waals surface area (Å²) in [5.41, 5.74) is 9.62. The van der Waals surface area contributed by atoms with E-state index in [1.165, 1.54) is 0 Å². The van der Waals surface area contributed by atoms with Gasteiger partial charge in [-0.15, -0.1) is 0 Å². The first kappa shape index (κ1) is 15.5. The lowest BCUT2D eigenvalue weighted by molar-refractivity contribution is 0.580. The number of hydrogen-bond donors (Lipinski definition) is 2. The molecule has 0 heterocycles. The van der Waals surface area contributed by atoms with Gasteiger partial charge in [-0.1, -0.05) is 35.9 Å². The van der Waals surface area contributed by atoms with Crippen LogP contribution < -0.4 is 10.5 Å². The lowest BCUT2D eigenvalue weighted by Gasteiger charge is -2.14. The lowest BCUT2D eigenvalue weighted by Crippen LogP contribution is -2.25. The van der Waals surface area contributed by atoms with Crippen molar-refractivity contribution < 1.29 is 8.42 Å². The molecule has 0 amide bonds. The Hall–Kier alpha value is -1.85. The van der Waals surface area contributed by atoms with Crippen molar-refractivity contribution in [1.29, 1.82) is 0 Å². The highest BCUT2D eigenvalue weighted by Crippen LogP contribution is 2.24. The Morgan fingerprint density at radius 1 is 1.10 bits per heavy atom. The molecule has 0 radical (unpaired) electrons. The van der Waals surface area contributed by atoms with E-state index in [4.69, 9.17) is 5.73 Å². The van der Waals surface area contributed by atoms with Crippen LogP contribution in [0.25, 0.3) is 0 Å². The molecule has 3 N–H and O–H groups in total. The van der Waals surface area contributed by atoms with Crippen LogP contribution >= 0.6 is 0 Å². The first-order valence-corrected chi connectivity index (χ1v) is 8.20. The number of anilines is 1. The summed E-state index contributed by atoms with van der Waals surface area (Å²) in [4.78, 5) is 0.273. The summed E-state index contributed by atoms with van der Waals surface area (Å²) in [7, 11) is -3.59. The predicted molar refractivity (Wildman–Crippen MR) is 85.5 cm³/mol. The van der Waals surface area contributed by atoms with E-state index in [-0.39, 0.29) is 11.4 Å². The van der Waals surface area contributed by atoms with Crippen molar-refractivity contribution in [3.63, 3.8) is 0 Å². The third kappa shape index (κ3) is 3.43. The van der Waals surface area contributed by atoms with Crippen molar-refractivity contribution in [2.75, 3.05) is 5.73 Å². The average Bonchev–Trinajstić information content (AvgIpc) is 2.41. The topological polar surface area (TPSA) is 72.2 Å². The van der Waals surface area contributed by atoms with E-state index in [2.05, 4.69) is 4.72 Å². The number of sulfonamides is 1. The summed E-state index contributed by atoms with van der Waals surface area (Å²) in [5, 5.41) is 0. The van der Waals surface area contributed by atoms with Crippen LogP contribution in [-0.4, -0.2) is 8.42 Å². The summed E-state index contributed by atoms with van der Waals surface area (Å²) in [6, 6.07) is 11.2. The third-order valence-corrected chi connectivity index (χ3v) is 5.15. The quantitative estimate of drug-likeness (QED) is 0.853. The van der Waals surface area contributed by atoms with Crippen LogP contribution in [-0.2, 0) is 16.6 Å². The molecule has 112 valence electrons. The number of rotatable bonds is 4. The zero-order valence-corrected chi connectivity index (χ0v) is 13.3. The Morgan fingerprint density at radius 2 is 1.81 bits per heavy atom. The molecular weight excluding hydrogens is 284 g/mol. The monoisotopic (exact) mass is 304 g/mol. The molecule has 0 aromatic heterocycles. The summed E-state index contributed by atoms with van der Waals surface area (Å²) in [6.07, 6.45) is 0. The maximum atomic E-state index is 12.5. The van der Waals surface area contributed by atoms with Crippen molar-refractivity contribution >= 4 is 15.7 Å². The highest BCUT2D eigenvalue weighted by Gasteiger charge is 2.20. The molecule has 2 rings (SSSR count). The summed E-state index contributed by atoms with van der Waals surface area (Å²) in [5.74, 6) is 0. The van der Waals surface area contributed by atoms with E-state index in [1.54, 1.807) is 26.0 Å². The largest absolute Gasteiger partial charge is 0.398 e. The molecular formula is C16H20N2O2S. The Bertz CT molecular complexity index is 768. The van der Waals surface area contributed by atoms with Crippen molar-refractivity contribution in [3.8, 4) is 0 Å². The summed E-state index contributed by atoms with van der Waals surface area (Å²) < 4.78 is 27.7. The van der Waals surface area contributed by atoms with Gasteiger partial charge in [0.1, 0.15) is 0 Å². The smallest absolute Gasteiger partial charge is 0.241 e. The van der Waals surface area contributed by atoms with Gasteiger partial charge >= 0.3 is 0 Å². The molecule has 0 saturated carbocycles. The molecule has 21 heavy (non-hydrogen) atoms. The van der Waals surface area contributed by atoms with Gasteiger partial charge in [-0.2, -0.15) is 0 Å². The minimum atomic E-state index is -3.59. The molecule has 0 aliphatic carbocycles. The van der Waals surface area contributed by atoms with Crippen molar-refractivity contribution in [1.82, 2.24) is 4.72 Å². The Kier molecular flexibility index (Phi) is 4.34. The van der Waals surface area contributed by atoms with Gasteiger partial charge in [0.15, 0.2) is 0 Å². The first-order chi connectivity index (χ1) is 9.81. The van der Waals surface area contributed by atoms with E-state index in [9.17, 15) is 8.42 Å². The maximum absolute atomic E-state index is 12.5. The Balaban J connectivity index is 2.29. The standard InChI is InChI=1S/C16H20N2O2S/c1-11-5-4-6-14(9-11)10-18-21(19,20)16-12(2)7-8-15(17)13(16)3/h4-9,18H,10,17H2,1-3H3. The van der Waals surface area contributed by atoms with E-state index in [1.807, 2.05) is 31.2 Å². The molecule has 2 aromatic carbocycles. The zero-order valence-electron chi connectivity index (χ0n) is 12.5. The van der Waals surface area contributed by atoms with Gasteiger partial charge in [0, 0.05) is 12.2 Å². The number of nitrogens with two attached hydrogens (primary N) is 1. The van der Waals surface area contributed by atoms with Gasteiger partial charge in [-0.25, -0.2) is 13.1 Å². The molecule has 2 aromatic rings. The van der Waals surface area contributed by atoms with Crippen molar-refractivity contribution in [3.05, 3.63) is 58.7 Å². The predicted octanol–water partition coefficient (Wildman–Crippen LogP) is 2.67. The van der Waals surface area contributed by atoms with Crippen molar-refractivity contribution in [2.45, 2.75) is 32.2 Å². The number of hydrogen-bond acceptors (Lipinski definition) is 3. The molecule has 4 nitrogen and oxygen atoms in total. The highest BCUT2D eigenvalue weighted by molar-refractivity contribution is 7.89. The molecule has 0 saturated heterocycles. The summed E-state index contributed by atoms with van der Waals surface area (Å²) >= 11 is 0. The van der Waals surface area contributed by atoms with Crippen LogP contribution in [0.15, 0.2) is 41.3 Å². The van der Waals surface area contributed by atoms with Gasteiger partial charge in [-0.3, -0.25) is 0 Å². The van der Waals surface area contributed by atoms with Gasteiger partial charge in [0.2, 0.25) is 10.0 Å². The highest BCUT2D eigenvalue weighted by atomic mass is 32.2. The number of aryl methyl sites for hydroxylation is 2. The van der Waals surface area contributed by atoms with Crippen LogP contribution in [0.1, 0.15) is 22.3 Å². The average molecular weight is 304 g/mol. The number of benzene rings is 2. The second kappa shape index (κ2) is 5.87. The normalized spacial score (nSPS) is 11.6. The molecule has 0 atom stereocenters. The Morgan fingerprint density at radius 3 is 2.48 bits per heavy atom. The minimum absolute atomic E-state index is 0.262. The van der Waals surface area contributed by atoms with Crippen LogP contribution in [0.4, 0.5) is 5.69 Å². The first-order valence-electron chi connectivity index (χ1n) is 6.72. The van der Waals surface area contributed by atoms with Gasteiger partial charge in [-0.05, 0) is 43.5 Å². The number of nitrogens with one attached hydrogen (secondary N) is 1. The van der Waals surface area contributed by atoms with Crippen LogP contribution in [0.5, 0.6) is 0 Å². The lowest BCUT2D eigenvalue weighted by atomic mass is 10.1. The van der Waals surface area contributed by atoms with Crippen LogP contribution in [0.2, 0.25) is 0 Å². The van der Waals surface area contributed by atoms with E-state index >= 15 is 0 Å². The van der Waals surface area contributed by atoms with Crippen LogP contribution in [0, 0.1) is 20.8 Å².